The summed E-state index contributed by atoms with van der Waals surface area (Å²) in [6.07, 6.45) is 5.92. The highest BCUT2D eigenvalue weighted by Crippen LogP contribution is 2.44. The SMILES string of the molecule is COc1ccc(C=O)c(C(=O)N(C)C2CCc3ccccc32)c1C1CCC1. The van der Waals surface area contributed by atoms with E-state index in [0.29, 0.717) is 22.8 Å². The van der Waals surface area contributed by atoms with Crippen LogP contribution >= 0.6 is 0 Å². The number of rotatable bonds is 5. The fraction of sp³-hybridized carbons (Fsp3) is 0.391. The van der Waals surface area contributed by atoms with Crippen molar-refractivity contribution in [2.75, 3.05) is 14.2 Å². The Labute approximate surface area is 160 Å². The molecule has 1 saturated carbocycles. The second-order valence-electron chi connectivity index (χ2n) is 7.56. The van der Waals surface area contributed by atoms with Gasteiger partial charge in [-0.05, 0) is 54.9 Å². The van der Waals surface area contributed by atoms with E-state index in [2.05, 4.69) is 12.1 Å². The zero-order valence-corrected chi connectivity index (χ0v) is 15.9. The normalized spacial score (nSPS) is 18.5. The maximum atomic E-state index is 13.6. The highest BCUT2D eigenvalue weighted by atomic mass is 16.5. The van der Waals surface area contributed by atoms with Crippen LogP contribution in [0.15, 0.2) is 36.4 Å². The van der Waals surface area contributed by atoms with Crippen LogP contribution in [-0.2, 0) is 6.42 Å². The van der Waals surface area contributed by atoms with Crippen LogP contribution in [0.1, 0.15) is 75.0 Å². The van der Waals surface area contributed by atoms with Crippen molar-refractivity contribution in [3.05, 3.63) is 64.2 Å². The van der Waals surface area contributed by atoms with Crippen LogP contribution in [-0.4, -0.2) is 31.3 Å². The smallest absolute Gasteiger partial charge is 0.255 e. The summed E-state index contributed by atoms with van der Waals surface area (Å²) in [5.74, 6) is 0.927. The third kappa shape index (κ3) is 2.93. The van der Waals surface area contributed by atoms with Crippen molar-refractivity contribution in [1.29, 1.82) is 0 Å². The van der Waals surface area contributed by atoms with Crippen molar-refractivity contribution in [3.63, 3.8) is 0 Å². The summed E-state index contributed by atoms with van der Waals surface area (Å²) in [7, 11) is 3.48. The van der Waals surface area contributed by atoms with Gasteiger partial charge in [-0.1, -0.05) is 30.7 Å². The molecule has 0 saturated heterocycles. The van der Waals surface area contributed by atoms with Crippen molar-refractivity contribution in [3.8, 4) is 5.75 Å². The van der Waals surface area contributed by atoms with Crippen LogP contribution in [0.5, 0.6) is 5.75 Å². The van der Waals surface area contributed by atoms with Gasteiger partial charge in [-0.2, -0.15) is 0 Å². The van der Waals surface area contributed by atoms with Crippen molar-refractivity contribution in [2.24, 2.45) is 0 Å². The van der Waals surface area contributed by atoms with Crippen molar-refractivity contribution in [1.82, 2.24) is 4.90 Å². The molecule has 1 unspecified atom stereocenters. The van der Waals surface area contributed by atoms with Gasteiger partial charge in [0, 0.05) is 18.2 Å². The molecule has 0 bridgehead atoms. The third-order valence-corrected chi connectivity index (χ3v) is 6.20. The minimum atomic E-state index is -0.0837. The monoisotopic (exact) mass is 363 g/mol. The summed E-state index contributed by atoms with van der Waals surface area (Å²) < 4.78 is 5.57. The molecule has 0 aliphatic heterocycles. The van der Waals surface area contributed by atoms with E-state index in [9.17, 15) is 9.59 Å². The van der Waals surface area contributed by atoms with E-state index in [1.54, 1.807) is 13.2 Å². The zero-order chi connectivity index (χ0) is 19.0. The highest BCUT2D eigenvalue weighted by Gasteiger charge is 2.34. The summed E-state index contributed by atoms with van der Waals surface area (Å²) >= 11 is 0. The highest BCUT2D eigenvalue weighted by molar-refractivity contribution is 6.03. The summed E-state index contributed by atoms with van der Waals surface area (Å²) in [6, 6.07) is 11.9. The second-order valence-corrected chi connectivity index (χ2v) is 7.56. The summed E-state index contributed by atoms with van der Waals surface area (Å²) in [5, 5.41) is 0. The fourth-order valence-electron chi connectivity index (χ4n) is 4.49. The van der Waals surface area contributed by atoms with Crippen LogP contribution < -0.4 is 4.74 Å². The van der Waals surface area contributed by atoms with Crippen molar-refractivity contribution in [2.45, 2.75) is 44.1 Å². The van der Waals surface area contributed by atoms with Gasteiger partial charge in [0.1, 0.15) is 5.75 Å². The number of aryl methyl sites for hydroxylation is 1. The first-order valence-electron chi connectivity index (χ1n) is 9.66. The Morgan fingerprint density at radius 1 is 1.15 bits per heavy atom. The molecule has 0 aromatic heterocycles. The summed E-state index contributed by atoms with van der Waals surface area (Å²) in [4.78, 5) is 27.1. The lowest BCUT2D eigenvalue weighted by molar-refractivity contribution is 0.0724. The van der Waals surface area contributed by atoms with E-state index in [4.69, 9.17) is 4.74 Å². The molecule has 4 nitrogen and oxygen atoms in total. The van der Waals surface area contributed by atoms with Gasteiger partial charge in [-0.15, -0.1) is 0 Å². The van der Waals surface area contributed by atoms with Gasteiger partial charge >= 0.3 is 0 Å². The van der Waals surface area contributed by atoms with E-state index in [1.165, 1.54) is 11.1 Å². The molecule has 1 atom stereocenters. The Morgan fingerprint density at radius 2 is 1.93 bits per heavy atom. The Kier molecular flexibility index (Phi) is 4.73. The molecule has 140 valence electrons. The molecule has 1 amide bonds. The number of carbonyl (C=O) groups is 2. The number of amides is 1. The van der Waals surface area contributed by atoms with E-state index in [-0.39, 0.29) is 11.9 Å². The number of benzene rings is 2. The van der Waals surface area contributed by atoms with E-state index < -0.39 is 0 Å². The number of methoxy groups -OCH3 is 1. The topological polar surface area (TPSA) is 46.6 Å². The molecule has 27 heavy (non-hydrogen) atoms. The summed E-state index contributed by atoms with van der Waals surface area (Å²) in [5.41, 5.74) is 4.43. The number of hydrogen-bond acceptors (Lipinski definition) is 3. The fourth-order valence-corrected chi connectivity index (χ4v) is 4.49. The average molecular weight is 363 g/mol. The molecule has 0 radical (unpaired) electrons. The van der Waals surface area contributed by atoms with Gasteiger partial charge in [0.05, 0.1) is 18.7 Å². The van der Waals surface area contributed by atoms with Gasteiger partial charge in [0.2, 0.25) is 0 Å². The Hall–Kier alpha value is -2.62. The van der Waals surface area contributed by atoms with E-state index in [0.717, 1.165) is 44.0 Å². The molecular formula is C23H25NO3. The summed E-state index contributed by atoms with van der Waals surface area (Å²) in [6.45, 7) is 0. The minimum absolute atomic E-state index is 0.0497. The molecule has 2 aromatic carbocycles. The largest absolute Gasteiger partial charge is 0.496 e. The quantitative estimate of drug-likeness (QED) is 0.733. The molecule has 2 aromatic rings. The third-order valence-electron chi connectivity index (χ3n) is 6.20. The van der Waals surface area contributed by atoms with Gasteiger partial charge in [0.25, 0.3) is 5.91 Å². The lowest BCUT2D eigenvalue weighted by atomic mass is 9.76. The van der Waals surface area contributed by atoms with E-state index >= 15 is 0 Å². The number of ether oxygens (including phenoxy) is 1. The zero-order valence-electron chi connectivity index (χ0n) is 15.9. The average Bonchev–Trinajstić information content (AvgIpc) is 3.09. The van der Waals surface area contributed by atoms with Gasteiger partial charge in [-0.25, -0.2) is 0 Å². The minimum Gasteiger partial charge on any atom is -0.496 e. The molecule has 1 fully saturated rings. The maximum absolute atomic E-state index is 13.6. The first-order chi connectivity index (χ1) is 13.2. The number of nitrogens with zero attached hydrogens (tertiary/aromatic N) is 1. The molecule has 2 aliphatic carbocycles. The first kappa shape index (κ1) is 17.8. The number of carbonyl (C=O) groups excluding carboxylic acids is 2. The van der Waals surface area contributed by atoms with Crippen LogP contribution in [0.4, 0.5) is 0 Å². The predicted molar refractivity (Wildman–Crippen MR) is 105 cm³/mol. The molecule has 0 N–H and O–H groups in total. The van der Waals surface area contributed by atoms with Crippen molar-refractivity contribution < 1.29 is 14.3 Å². The Bertz CT molecular complexity index is 885. The lowest BCUT2D eigenvalue weighted by Crippen LogP contribution is -2.32. The lowest BCUT2D eigenvalue weighted by Gasteiger charge is -2.32. The standard InChI is InChI=1S/C23H25NO3/c1-24(19-12-10-15-6-3-4-9-18(15)19)23(26)22-17(14-25)11-13-20(27-2)21(22)16-7-5-8-16/h3-4,6,9,11,13-14,16,19H,5,7-8,10,12H2,1-2H3. The van der Waals surface area contributed by atoms with Crippen LogP contribution in [0.25, 0.3) is 0 Å². The Morgan fingerprint density at radius 3 is 2.59 bits per heavy atom. The second kappa shape index (κ2) is 7.18. The van der Waals surface area contributed by atoms with Gasteiger partial charge < -0.3 is 9.64 Å². The number of fused-ring (bicyclic) bond motifs is 1. The van der Waals surface area contributed by atoms with Crippen LogP contribution in [0, 0.1) is 0 Å². The van der Waals surface area contributed by atoms with Gasteiger partial charge in [0.15, 0.2) is 6.29 Å². The number of aldehydes is 1. The molecular weight excluding hydrogens is 338 g/mol. The van der Waals surface area contributed by atoms with Crippen molar-refractivity contribution >= 4 is 12.2 Å². The molecule has 0 spiro atoms. The predicted octanol–water partition coefficient (Wildman–Crippen LogP) is 4.53. The molecule has 2 aliphatic rings. The Balaban J connectivity index is 1.76. The van der Waals surface area contributed by atoms with Crippen LogP contribution in [0.2, 0.25) is 0 Å². The van der Waals surface area contributed by atoms with Crippen LogP contribution in [0.3, 0.4) is 0 Å². The first-order valence-corrected chi connectivity index (χ1v) is 9.66. The number of hydrogen-bond donors (Lipinski definition) is 0. The van der Waals surface area contributed by atoms with Gasteiger partial charge in [-0.3, -0.25) is 9.59 Å². The molecule has 4 heteroatoms. The molecule has 4 rings (SSSR count). The maximum Gasteiger partial charge on any atom is 0.255 e. The molecule has 0 heterocycles. The van der Waals surface area contributed by atoms with E-state index in [1.807, 2.05) is 30.1 Å².